The molecule has 2 aromatic carbocycles. The lowest BCUT2D eigenvalue weighted by Crippen LogP contribution is -1.86. The SMILES string of the molecule is COc1ccc(C=C(C#N)c2c(Cl)cccc2Cl)cc1. The van der Waals surface area contributed by atoms with Crippen molar-refractivity contribution >= 4 is 34.9 Å². The highest BCUT2D eigenvalue weighted by atomic mass is 35.5. The summed E-state index contributed by atoms with van der Waals surface area (Å²) in [4.78, 5) is 0. The predicted octanol–water partition coefficient (Wildman–Crippen LogP) is 5.07. The minimum atomic E-state index is 0.422. The van der Waals surface area contributed by atoms with E-state index in [1.54, 1.807) is 31.4 Å². The van der Waals surface area contributed by atoms with Gasteiger partial charge < -0.3 is 4.74 Å². The van der Waals surface area contributed by atoms with Crippen molar-refractivity contribution in [1.82, 2.24) is 0 Å². The molecule has 0 atom stereocenters. The second-order valence-electron chi connectivity index (χ2n) is 4.04. The third-order valence-corrected chi connectivity index (χ3v) is 3.41. The standard InChI is InChI=1S/C16H11Cl2NO/c1-20-13-7-5-11(6-8-13)9-12(10-19)16-14(17)3-2-4-15(16)18/h2-9H,1H3. The average molecular weight is 304 g/mol. The van der Waals surface area contributed by atoms with E-state index in [9.17, 15) is 5.26 Å². The Labute approximate surface area is 127 Å². The minimum Gasteiger partial charge on any atom is -0.497 e. The van der Waals surface area contributed by atoms with Gasteiger partial charge in [-0.1, -0.05) is 41.4 Å². The molecule has 0 aromatic heterocycles. The molecule has 0 aliphatic rings. The van der Waals surface area contributed by atoms with Crippen molar-refractivity contribution in [3.05, 3.63) is 63.6 Å². The van der Waals surface area contributed by atoms with Crippen molar-refractivity contribution in [2.45, 2.75) is 0 Å². The van der Waals surface area contributed by atoms with Crippen LogP contribution in [0.2, 0.25) is 10.0 Å². The van der Waals surface area contributed by atoms with Crippen LogP contribution in [0.4, 0.5) is 0 Å². The Morgan fingerprint density at radius 3 is 2.20 bits per heavy atom. The molecule has 0 bridgehead atoms. The molecule has 2 nitrogen and oxygen atoms in total. The van der Waals surface area contributed by atoms with E-state index in [1.165, 1.54) is 0 Å². The normalized spacial score (nSPS) is 11.0. The van der Waals surface area contributed by atoms with Crippen LogP contribution >= 0.6 is 23.2 Å². The minimum absolute atomic E-state index is 0.422. The summed E-state index contributed by atoms with van der Waals surface area (Å²) in [6.45, 7) is 0. The molecule has 0 saturated carbocycles. The Bertz CT molecular complexity index is 664. The number of rotatable bonds is 3. The lowest BCUT2D eigenvalue weighted by molar-refractivity contribution is 0.415. The number of hydrogen-bond donors (Lipinski definition) is 0. The van der Waals surface area contributed by atoms with E-state index >= 15 is 0 Å². The Morgan fingerprint density at radius 1 is 1.10 bits per heavy atom. The van der Waals surface area contributed by atoms with Crippen LogP contribution in [-0.4, -0.2) is 7.11 Å². The van der Waals surface area contributed by atoms with Gasteiger partial charge in [0, 0.05) is 5.56 Å². The van der Waals surface area contributed by atoms with Crippen LogP contribution in [0.1, 0.15) is 11.1 Å². The van der Waals surface area contributed by atoms with Crippen LogP contribution in [0.3, 0.4) is 0 Å². The fourth-order valence-electron chi connectivity index (χ4n) is 1.78. The van der Waals surface area contributed by atoms with Crippen molar-refractivity contribution < 1.29 is 4.74 Å². The first-order valence-electron chi connectivity index (χ1n) is 5.86. The number of nitrogens with zero attached hydrogens (tertiary/aromatic N) is 1. The summed E-state index contributed by atoms with van der Waals surface area (Å²) in [6.07, 6.45) is 1.74. The van der Waals surface area contributed by atoms with Gasteiger partial charge in [-0.05, 0) is 35.9 Å². The number of allylic oxidation sites excluding steroid dienone is 1. The third kappa shape index (κ3) is 3.14. The molecule has 20 heavy (non-hydrogen) atoms. The van der Waals surface area contributed by atoms with E-state index in [0.717, 1.165) is 11.3 Å². The number of halogens is 2. The first kappa shape index (κ1) is 14.5. The smallest absolute Gasteiger partial charge is 0.118 e. The second kappa shape index (κ2) is 6.47. The Kier molecular flexibility index (Phi) is 4.68. The zero-order chi connectivity index (χ0) is 14.5. The van der Waals surface area contributed by atoms with Gasteiger partial charge in [-0.15, -0.1) is 0 Å². The van der Waals surface area contributed by atoms with Crippen molar-refractivity contribution in [3.63, 3.8) is 0 Å². The van der Waals surface area contributed by atoms with Crippen molar-refractivity contribution in [2.24, 2.45) is 0 Å². The van der Waals surface area contributed by atoms with Crippen molar-refractivity contribution in [3.8, 4) is 11.8 Å². The predicted molar refractivity (Wildman–Crippen MR) is 82.9 cm³/mol. The first-order valence-corrected chi connectivity index (χ1v) is 6.61. The van der Waals surface area contributed by atoms with Gasteiger partial charge in [-0.3, -0.25) is 0 Å². The van der Waals surface area contributed by atoms with Crippen LogP contribution in [0, 0.1) is 11.3 Å². The number of ether oxygens (including phenoxy) is 1. The maximum atomic E-state index is 9.33. The molecule has 0 unspecified atom stereocenters. The topological polar surface area (TPSA) is 33.0 Å². The summed E-state index contributed by atoms with van der Waals surface area (Å²) < 4.78 is 5.10. The highest BCUT2D eigenvalue weighted by Gasteiger charge is 2.10. The summed E-state index contributed by atoms with van der Waals surface area (Å²) in [5, 5.41) is 10.2. The van der Waals surface area contributed by atoms with Crippen LogP contribution in [0.5, 0.6) is 5.75 Å². The molecule has 0 radical (unpaired) electrons. The number of nitriles is 1. The van der Waals surface area contributed by atoms with E-state index in [0.29, 0.717) is 21.2 Å². The molecular weight excluding hydrogens is 293 g/mol. The highest BCUT2D eigenvalue weighted by Crippen LogP contribution is 2.32. The van der Waals surface area contributed by atoms with Gasteiger partial charge in [0.15, 0.2) is 0 Å². The lowest BCUT2D eigenvalue weighted by atomic mass is 10.0. The molecule has 0 aliphatic carbocycles. The van der Waals surface area contributed by atoms with E-state index in [1.807, 2.05) is 24.3 Å². The molecule has 0 saturated heterocycles. The largest absolute Gasteiger partial charge is 0.497 e. The molecule has 0 amide bonds. The van der Waals surface area contributed by atoms with Gasteiger partial charge in [0.1, 0.15) is 5.75 Å². The van der Waals surface area contributed by atoms with Crippen LogP contribution in [0.15, 0.2) is 42.5 Å². The van der Waals surface area contributed by atoms with Gasteiger partial charge in [0.05, 0.1) is 28.8 Å². The van der Waals surface area contributed by atoms with E-state index in [2.05, 4.69) is 6.07 Å². The van der Waals surface area contributed by atoms with Crippen LogP contribution in [-0.2, 0) is 0 Å². The summed E-state index contributed by atoms with van der Waals surface area (Å²) in [6, 6.07) is 14.7. The molecule has 0 heterocycles. The van der Waals surface area contributed by atoms with Gasteiger partial charge >= 0.3 is 0 Å². The summed E-state index contributed by atoms with van der Waals surface area (Å²) in [5.41, 5.74) is 1.85. The number of benzene rings is 2. The van der Waals surface area contributed by atoms with Crippen LogP contribution < -0.4 is 4.74 Å². The fraction of sp³-hybridized carbons (Fsp3) is 0.0625. The van der Waals surface area contributed by atoms with Crippen LogP contribution in [0.25, 0.3) is 11.6 Å². The Morgan fingerprint density at radius 2 is 1.70 bits per heavy atom. The number of hydrogen-bond acceptors (Lipinski definition) is 2. The average Bonchev–Trinajstić information content (AvgIpc) is 2.46. The van der Waals surface area contributed by atoms with Crippen molar-refractivity contribution in [2.75, 3.05) is 7.11 Å². The van der Waals surface area contributed by atoms with Gasteiger partial charge in [0.2, 0.25) is 0 Å². The first-order chi connectivity index (χ1) is 9.65. The molecular formula is C16H11Cl2NO. The number of methoxy groups -OCH3 is 1. The zero-order valence-electron chi connectivity index (χ0n) is 10.7. The van der Waals surface area contributed by atoms with E-state index in [4.69, 9.17) is 27.9 Å². The van der Waals surface area contributed by atoms with E-state index in [-0.39, 0.29) is 0 Å². The van der Waals surface area contributed by atoms with Gasteiger partial charge in [-0.25, -0.2) is 0 Å². The molecule has 2 aromatic rings. The highest BCUT2D eigenvalue weighted by molar-refractivity contribution is 6.38. The monoisotopic (exact) mass is 303 g/mol. The molecule has 0 N–H and O–H groups in total. The molecule has 0 spiro atoms. The molecule has 100 valence electrons. The quantitative estimate of drug-likeness (QED) is 0.586. The van der Waals surface area contributed by atoms with E-state index < -0.39 is 0 Å². The molecule has 2 rings (SSSR count). The summed E-state index contributed by atoms with van der Waals surface area (Å²) >= 11 is 12.2. The van der Waals surface area contributed by atoms with Crippen molar-refractivity contribution in [1.29, 1.82) is 5.26 Å². The molecule has 4 heteroatoms. The van der Waals surface area contributed by atoms with Gasteiger partial charge in [0.25, 0.3) is 0 Å². The third-order valence-electron chi connectivity index (χ3n) is 2.78. The summed E-state index contributed by atoms with van der Waals surface area (Å²) in [7, 11) is 1.61. The maximum Gasteiger partial charge on any atom is 0.118 e. The Hall–Kier alpha value is -1.95. The fourth-order valence-corrected chi connectivity index (χ4v) is 2.38. The molecule has 0 aliphatic heterocycles. The molecule has 0 fully saturated rings. The lowest BCUT2D eigenvalue weighted by Gasteiger charge is -2.06. The summed E-state index contributed by atoms with van der Waals surface area (Å²) in [5.74, 6) is 0.761. The Balaban J connectivity index is 2.46. The zero-order valence-corrected chi connectivity index (χ0v) is 12.2. The maximum absolute atomic E-state index is 9.33. The second-order valence-corrected chi connectivity index (χ2v) is 4.85. The van der Waals surface area contributed by atoms with Gasteiger partial charge in [-0.2, -0.15) is 5.26 Å².